The number of aliphatic hydroxyl groups is 1. The van der Waals surface area contributed by atoms with Crippen molar-refractivity contribution in [1.82, 2.24) is 9.80 Å². The molecule has 116 valence electrons. The summed E-state index contributed by atoms with van der Waals surface area (Å²) in [6.07, 6.45) is -0.361. The van der Waals surface area contributed by atoms with Gasteiger partial charge in [0.1, 0.15) is 5.82 Å². The van der Waals surface area contributed by atoms with Gasteiger partial charge >= 0.3 is 0 Å². The maximum atomic E-state index is 13.5. The third-order valence-electron chi connectivity index (χ3n) is 4.24. The molecule has 2 heterocycles. The number of hydrogen-bond donors (Lipinski definition) is 1. The molecule has 0 unspecified atom stereocenters. The summed E-state index contributed by atoms with van der Waals surface area (Å²) in [5.74, 6) is -0.390. The van der Waals surface area contributed by atoms with E-state index in [0.29, 0.717) is 13.1 Å². The Morgan fingerprint density at radius 2 is 2.05 bits per heavy atom. The molecule has 0 aromatic heterocycles. The summed E-state index contributed by atoms with van der Waals surface area (Å²) in [6.45, 7) is 5.23. The second-order valence-corrected chi connectivity index (χ2v) is 6.13. The van der Waals surface area contributed by atoms with Gasteiger partial charge < -0.3 is 9.84 Å². The molecule has 2 aliphatic rings. The molecule has 4 nitrogen and oxygen atoms in total. The Labute approximate surface area is 129 Å². The topological polar surface area (TPSA) is 35.9 Å². The molecule has 3 rings (SSSR count). The Kier molecular flexibility index (Phi) is 4.76. The minimum Gasteiger partial charge on any atom is -0.390 e. The van der Waals surface area contributed by atoms with Crippen LogP contribution in [0.3, 0.4) is 0 Å². The van der Waals surface area contributed by atoms with E-state index in [1.54, 1.807) is 6.07 Å². The van der Waals surface area contributed by atoms with Crippen molar-refractivity contribution in [3.63, 3.8) is 0 Å². The van der Waals surface area contributed by atoms with Gasteiger partial charge in [-0.2, -0.15) is 0 Å². The first-order valence-corrected chi connectivity index (χ1v) is 7.67. The monoisotopic (exact) mass is 314 g/mol. The predicted molar refractivity (Wildman–Crippen MR) is 78.9 cm³/mol. The van der Waals surface area contributed by atoms with Gasteiger partial charge in [0.15, 0.2) is 0 Å². The maximum Gasteiger partial charge on any atom is 0.142 e. The van der Waals surface area contributed by atoms with Crippen LogP contribution in [-0.4, -0.2) is 66.4 Å². The van der Waals surface area contributed by atoms with E-state index in [0.717, 1.165) is 38.4 Å². The zero-order chi connectivity index (χ0) is 14.8. The Morgan fingerprint density at radius 1 is 1.29 bits per heavy atom. The highest BCUT2D eigenvalue weighted by molar-refractivity contribution is 6.30. The van der Waals surface area contributed by atoms with E-state index in [1.165, 1.54) is 6.07 Å². The van der Waals surface area contributed by atoms with E-state index in [9.17, 15) is 9.50 Å². The molecule has 2 fully saturated rings. The van der Waals surface area contributed by atoms with E-state index in [4.69, 9.17) is 16.3 Å². The Hall–Kier alpha value is -0.720. The number of benzene rings is 1. The minimum absolute atomic E-state index is 0.144. The molecule has 1 aromatic carbocycles. The molecular formula is C15H20ClFN2O2. The van der Waals surface area contributed by atoms with Gasteiger partial charge in [0, 0.05) is 38.8 Å². The van der Waals surface area contributed by atoms with Crippen LogP contribution < -0.4 is 0 Å². The molecule has 0 bridgehead atoms. The van der Waals surface area contributed by atoms with Crippen LogP contribution in [0, 0.1) is 5.82 Å². The standard InChI is InChI=1S/C15H20ClFN2O2/c16-12-2-1-11(7-13(12)17)8-18-9-14(15(20)10-18)19-3-5-21-6-4-19/h1-2,7,14-15,20H,3-6,8-10H2/t14-,15-/m0/s1. The number of rotatable bonds is 3. The third kappa shape index (κ3) is 3.55. The van der Waals surface area contributed by atoms with Gasteiger partial charge in [0.2, 0.25) is 0 Å². The minimum atomic E-state index is -0.390. The molecule has 0 spiro atoms. The second-order valence-electron chi connectivity index (χ2n) is 5.73. The van der Waals surface area contributed by atoms with E-state index in [1.807, 2.05) is 6.07 Å². The predicted octanol–water partition coefficient (Wildman–Crippen LogP) is 1.36. The zero-order valence-electron chi connectivity index (χ0n) is 11.8. The van der Waals surface area contributed by atoms with Gasteiger partial charge in [-0.3, -0.25) is 9.80 Å². The number of morpholine rings is 1. The lowest BCUT2D eigenvalue weighted by molar-refractivity contribution is -0.00618. The lowest BCUT2D eigenvalue weighted by Gasteiger charge is -2.33. The molecule has 2 atom stereocenters. The zero-order valence-corrected chi connectivity index (χ0v) is 12.6. The summed E-state index contributed by atoms with van der Waals surface area (Å²) in [5, 5.41) is 10.4. The lowest BCUT2D eigenvalue weighted by Crippen LogP contribution is -2.48. The van der Waals surface area contributed by atoms with Crippen LogP contribution in [0.5, 0.6) is 0 Å². The van der Waals surface area contributed by atoms with Crippen molar-refractivity contribution in [2.24, 2.45) is 0 Å². The summed E-state index contributed by atoms with van der Waals surface area (Å²) in [5.41, 5.74) is 0.881. The van der Waals surface area contributed by atoms with Crippen molar-refractivity contribution in [2.75, 3.05) is 39.4 Å². The molecule has 1 aromatic rings. The number of β-amino-alcohol motifs (C(OH)–C–C–N with tert-alkyl or cyclic N) is 1. The van der Waals surface area contributed by atoms with Crippen molar-refractivity contribution in [3.8, 4) is 0 Å². The van der Waals surface area contributed by atoms with E-state index < -0.39 is 5.82 Å². The second kappa shape index (κ2) is 6.58. The third-order valence-corrected chi connectivity index (χ3v) is 4.55. The Balaban J connectivity index is 1.61. The van der Waals surface area contributed by atoms with Gasteiger partial charge in [-0.15, -0.1) is 0 Å². The van der Waals surface area contributed by atoms with Gasteiger partial charge in [0.05, 0.1) is 24.3 Å². The number of hydrogen-bond acceptors (Lipinski definition) is 4. The van der Waals surface area contributed by atoms with Crippen LogP contribution in [-0.2, 0) is 11.3 Å². The lowest BCUT2D eigenvalue weighted by atomic mass is 10.1. The van der Waals surface area contributed by atoms with Gasteiger partial charge in [-0.25, -0.2) is 4.39 Å². The normalized spacial score (nSPS) is 28.1. The quantitative estimate of drug-likeness (QED) is 0.914. The number of likely N-dealkylation sites (tertiary alicyclic amines) is 1. The Bertz CT molecular complexity index is 497. The molecule has 0 saturated carbocycles. The van der Waals surface area contributed by atoms with E-state index in [-0.39, 0.29) is 17.2 Å². The molecule has 0 radical (unpaired) electrons. The molecule has 2 aliphatic heterocycles. The van der Waals surface area contributed by atoms with Crippen molar-refractivity contribution in [3.05, 3.63) is 34.6 Å². The highest BCUT2D eigenvalue weighted by Crippen LogP contribution is 2.21. The molecule has 0 amide bonds. The highest BCUT2D eigenvalue weighted by atomic mass is 35.5. The van der Waals surface area contributed by atoms with Crippen LogP contribution in [0.25, 0.3) is 0 Å². The highest BCUT2D eigenvalue weighted by Gasteiger charge is 2.35. The van der Waals surface area contributed by atoms with Crippen molar-refractivity contribution < 1.29 is 14.2 Å². The molecule has 2 saturated heterocycles. The first kappa shape index (κ1) is 15.2. The SMILES string of the molecule is O[C@H]1CN(Cc2ccc(Cl)c(F)c2)C[C@@H]1N1CCOCC1. The van der Waals surface area contributed by atoms with Crippen molar-refractivity contribution >= 4 is 11.6 Å². The summed E-state index contributed by atoms with van der Waals surface area (Å²) in [4.78, 5) is 4.45. The molecular weight excluding hydrogens is 295 g/mol. The van der Waals surface area contributed by atoms with Crippen LogP contribution in [0.2, 0.25) is 5.02 Å². The van der Waals surface area contributed by atoms with Gasteiger partial charge in [-0.05, 0) is 17.7 Å². The number of halogens is 2. The fourth-order valence-corrected chi connectivity index (χ4v) is 3.26. The van der Waals surface area contributed by atoms with Crippen molar-refractivity contribution in [1.29, 1.82) is 0 Å². The number of nitrogens with zero attached hydrogens (tertiary/aromatic N) is 2. The van der Waals surface area contributed by atoms with Crippen molar-refractivity contribution in [2.45, 2.75) is 18.7 Å². The first-order valence-electron chi connectivity index (χ1n) is 7.29. The van der Waals surface area contributed by atoms with Gasteiger partial charge in [-0.1, -0.05) is 17.7 Å². The molecule has 1 N–H and O–H groups in total. The van der Waals surface area contributed by atoms with Crippen LogP contribution in [0.4, 0.5) is 4.39 Å². The fourth-order valence-electron chi connectivity index (χ4n) is 3.14. The summed E-state index contributed by atoms with van der Waals surface area (Å²) >= 11 is 5.70. The average Bonchev–Trinajstić information content (AvgIpc) is 2.84. The van der Waals surface area contributed by atoms with Crippen LogP contribution in [0.15, 0.2) is 18.2 Å². The summed E-state index contributed by atoms with van der Waals surface area (Å²) < 4.78 is 18.8. The average molecular weight is 315 g/mol. The van der Waals surface area contributed by atoms with Crippen LogP contribution >= 0.6 is 11.6 Å². The first-order chi connectivity index (χ1) is 10.1. The summed E-state index contributed by atoms with van der Waals surface area (Å²) in [7, 11) is 0. The van der Waals surface area contributed by atoms with E-state index >= 15 is 0 Å². The van der Waals surface area contributed by atoms with Crippen LogP contribution in [0.1, 0.15) is 5.56 Å². The van der Waals surface area contributed by atoms with Gasteiger partial charge in [0.25, 0.3) is 0 Å². The summed E-state index contributed by atoms with van der Waals surface area (Å²) in [6, 6.07) is 5.03. The fraction of sp³-hybridized carbons (Fsp3) is 0.600. The molecule has 0 aliphatic carbocycles. The largest absolute Gasteiger partial charge is 0.390 e. The Morgan fingerprint density at radius 3 is 2.76 bits per heavy atom. The number of ether oxygens (including phenoxy) is 1. The number of aliphatic hydroxyl groups excluding tert-OH is 1. The smallest absolute Gasteiger partial charge is 0.142 e. The molecule has 21 heavy (non-hydrogen) atoms. The maximum absolute atomic E-state index is 13.5. The molecule has 6 heteroatoms. The van der Waals surface area contributed by atoms with E-state index in [2.05, 4.69) is 9.80 Å².